The number of benzene rings is 1. The number of hydrogen-bond acceptors (Lipinski definition) is 3. The van der Waals surface area contributed by atoms with E-state index in [1.165, 1.54) is 0 Å². The smallest absolute Gasteiger partial charge is 0.122 e. The van der Waals surface area contributed by atoms with E-state index >= 15 is 0 Å². The van der Waals surface area contributed by atoms with Crippen LogP contribution in [0.1, 0.15) is 17.4 Å². The molecule has 0 amide bonds. The molecule has 1 aromatic heterocycles. The van der Waals surface area contributed by atoms with Gasteiger partial charge in [-0.3, -0.25) is 0 Å². The van der Waals surface area contributed by atoms with Crippen LogP contribution in [0, 0.1) is 0 Å². The zero-order valence-corrected chi connectivity index (χ0v) is 11.1. The van der Waals surface area contributed by atoms with Gasteiger partial charge in [-0.1, -0.05) is 15.9 Å². The van der Waals surface area contributed by atoms with Gasteiger partial charge in [-0.15, -0.1) is 0 Å². The predicted octanol–water partition coefficient (Wildman–Crippen LogP) is 3.29. The fourth-order valence-electron chi connectivity index (χ4n) is 1.75. The number of nitrogens with two attached hydrogens (primary N) is 1. The molecule has 2 rings (SSSR count). The first-order valence-electron chi connectivity index (χ1n) is 5.32. The van der Waals surface area contributed by atoms with Crippen LogP contribution in [0.25, 0.3) is 0 Å². The summed E-state index contributed by atoms with van der Waals surface area (Å²) < 4.78 is 11.6. The number of rotatable bonds is 4. The maximum Gasteiger partial charge on any atom is 0.122 e. The topological polar surface area (TPSA) is 48.4 Å². The van der Waals surface area contributed by atoms with Crippen LogP contribution in [0.15, 0.2) is 45.5 Å². The number of furan rings is 1. The lowest BCUT2D eigenvalue weighted by Gasteiger charge is -2.12. The second-order valence-electron chi connectivity index (χ2n) is 3.78. The van der Waals surface area contributed by atoms with E-state index in [-0.39, 0.29) is 6.04 Å². The van der Waals surface area contributed by atoms with E-state index in [0.717, 1.165) is 21.5 Å². The van der Waals surface area contributed by atoms with Gasteiger partial charge in [0.05, 0.1) is 19.4 Å². The van der Waals surface area contributed by atoms with E-state index in [4.69, 9.17) is 14.9 Å². The van der Waals surface area contributed by atoms with Crippen molar-refractivity contribution in [3.8, 4) is 5.75 Å². The Morgan fingerprint density at radius 3 is 2.88 bits per heavy atom. The molecule has 1 atom stereocenters. The summed E-state index contributed by atoms with van der Waals surface area (Å²) in [4.78, 5) is 0. The van der Waals surface area contributed by atoms with Crippen molar-refractivity contribution in [2.75, 3.05) is 7.11 Å². The highest BCUT2D eigenvalue weighted by Gasteiger charge is 2.13. The van der Waals surface area contributed by atoms with Crippen molar-refractivity contribution in [1.82, 2.24) is 0 Å². The van der Waals surface area contributed by atoms with Gasteiger partial charge in [0, 0.05) is 4.47 Å². The minimum Gasteiger partial charge on any atom is -0.496 e. The molecule has 0 aliphatic rings. The summed E-state index contributed by atoms with van der Waals surface area (Å²) in [5.41, 5.74) is 7.14. The average molecular weight is 296 g/mol. The normalized spacial score (nSPS) is 12.4. The van der Waals surface area contributed by atoms with E-state index in [2.05, 4.69) is 15.9 Å². The van der Waals surface area contributed by atoms with Crippen LogP contribution in [-0.2, 0) is 6.42 Å². The third-order valence-corrected chi connectivity index (χ3v) is 3.08. The molecule has 4 heteroatoms. The molecule has 2 N–H and O–H groups in total. The molecule has 0 saturated carbocycles. The van der Waals surface area contributed by atoms with Crippen molar-refractivity contribution in [2.24, 2.45) is 5.73 Å². The highest BCUT2D eigenvalue weighted by molar-refractivity contribution is 9.10. The fraction of sp³-hybridized carbons (Fsp3) is 0.231. The van der Waals surface area contributed by atoms with Gasteiger partial charge >= 0.3 is 0 Å². The van der Waals surface area contributed by atoms with Crippen LogP contribution in [0.2, 0.25) is 0 Å². The minimum atomic E-state index is -0.159. The predicted molar refractivity (Wildman–Crippen MR) is 70.0 cm³/mol. The standard InChI is InChI=1S/C13H14BrNO2/c1-16-12-5-4-10(14)7-9(12)8-11(15)13-3-2-6-17-13/h2-7,11H,8,15H2,1H3. The van der Waals surface area contributed by atoms with Crippen molar-refractivity contribution >= 4 is 15.9 Å². The number of methoxy groups -OCH3 is 1. The quantitative estimate of drug-likeness (QED) is 0.941. The van der Waals surface area contributed by atoms with Crippen molar-refractivity contribution in [1.29, 1.82) is 0 Å². The Morgan fingerprint density at radius 1 is 1.41 bits per heavy atom. The molecule has 17 heavy (non-hydrogen) atoms. The first kappa shape index (κ1) is 12.2. The van der Waals surface area contributed by atoms with Crippen LogP contribution in [0.3, 0.4) is 0 Å². The van der Waals surface area contributed by atoms with Gasteiger partial charge in [-0.2, -0.15) is 0 Å². The van der Waals surface area contributed by atoms with Crippen LogP contribution in [0.4, 0.5) is 0 Å². The molecule has 0 spiro atoms. The lowest BCUT2D eigenvalue weighted by molar-refractivity contribution is 0.404. The molecule has 0 radical (unpaired) electrons. The first-order chi connectivity index (χ1) is 8.20. The van der Waals surface area contributed by atoms with Crippen LogP contribution in [0.5, 0.6) is 5.75 Å². The molecular weight excluding hydrogens is 282 g/mol. The van der Waals surface area contributed by atoms with Crippen molar-refractivity contribution < 1.29 is 9.15 Å². The molecule has 1 unspecified atom stereocenters. The summed E-state index contributed by atoms with van der Waals surface area (Å²) >= 11 is 3.44. The number of halogens is 1. The van der Waals surface area contributed by atoms with Crippen molar-refractivity contribution in [3.63, 3.8) is 0 Å². The molecule has 0 aliphatic carbocycles. The molecule has 0 fully saturated rings. The minimum absolute atomic E-state index is 0.159. The zero-order valence-electron chi connectivity index (χ0n) is 9.52. The fourth-order valence-corrected chi connectivity index (χ4v) is 2.15. The molecule has 2 aromatic rings. The summed E-state index contributed by atoms with van der Waals surface area (Å²) in [5, 5.41) is 0. The molecule has 90 valence electrons. The van der Waals surface area contributed by atoms with Gasteiger partial charge < -0.3 is 14.9 Å². The van der Waals surface area contributed by atoms with E-state index in [0.29, 0.717) is 6.42 Å². The van der Waals surface area contributed by atoms with Gasteiger partial charge in [0.1, 0.15) is 11.5 Å². The molecule has 0 bridgehead atoms. The van der Waals surface area contributed by atoms with Crippen molar-refractivity contribution in [2.45, 2.75) is 12.5 Å². The van der Waals surface area contributed by atoms with Gasteiger partial charge in [0.15, 0.2) is 0 Å². The summed E-state index contributed by atoms with van der Waals surface area (Å²) in [5.74, 6) is 1.63. The lowest BCUT2D eigenvalue weighted by Crippen LogP contribution is -2.13. The Bertz CT molecular complexity index is 482. The highest BCUT2D eigenvalue weighted by atomic mass is 79.9. The monoisotopic (exact) mass is 295 g/mol. The number of ether oxygens (including phenoxy) is 1. The zero-order chi connectivity index (χ0) is 12.3. The SMILES string of the molecule is COc1ccc(Br)cc1CC(N)c1ccco1. The third-order valence-electron chi connectivity index (χ3n) is 2.59. The molecule has 1 heterocycles. The summed E-state index contributed by atoms with van der Waals surface area (Å²) in [6.45, 7) is 0. The number of hydrogen-bond donors (Lipinski definition) is 1. The third kappa shape index (κ3) is 2.90. The summed E-state index contributed by atoms with van der Waals surface area (Å²) in [7, 11) is 1.66. The van der Waals surface area contributed by atoms with Crippen LogP contribution < -0.4 is 10.5 Å². The Morgan fingerprint density at radius 2 is 2.24 bits per heavy atom. The maximum atomic E-state index is 6.08. The van der Waals surface area contributed by atoms with Gasteiger partial charge in [-0.05, 0) is 42.3 Å². The van der Waals surface area contributed by atoms with Crippen LogP contribution >= 0.6 is 15.9 Å². The largest absolute Gasteiger partial charge is 0.496 e. The van der Waals surface area contributed by atoms with E-state index in [1.54, 1.807) is 13.4 Å². The Kier molecular flexibility index (Phi) is 3.86. The molecular formula is C13H14BrNO2. The van der Waals surface area contributed by atoms with Gasteiger partial charge in [0.2, 0.25) is 0 Å². The van der Waals surface area contributed by atoms with Gasteiger partial charge in [-0.25, -0.2) is 0 Å². The van der Waals surface area contributed by atoms with Crippen LogP contribution in [-0.4, -0.2) is 7.11 Å². The Hall–Kier alpha value is -1.26. The van der Waals surface area contributed by atoms with Gasteiger partial charge in [0.25, 0.3) is 0 Å². The van der Waals surface area contributed by atoms with E-state index in [9.17, 15) is 0 Å². The lowest BCUT2D eigenvalue weighted by atomic mass is 10.0. The Labute approximate surface area is 109 Å². The molecule has 3 nitrogen and oxygen atoms in total. The summed E-state index contributed by atoms with van der Waals surface area (Å²) in [6, 6.07) is 9.45. The molecule has 0 saturated heterocycles. The van der Waals surface area contributed by atoms with E-state index < -0.39 is 0 Å². The second kappa shape index (κ2) is 5.38. The molecule has 0 aliphatic heterocycles. The van der Waals surface area contributed by atoms with Crippen molar-refractivity contribution in [3.05, 3.63) is 52.4 Å². The summed E-state index contributed by atoms with van der Waals surface area (Å²) in [6.07, 6.45) is 2.31. The second-order valence-corrected chi connectivity index (χ2v) is 4.70. The maximum absolute atomic E-state index is 6.08. The first-order valence-corrected chi connectivity index (χ1v) is 6.11. The van der Waals surface area contributed by atoms with E-state index in [1.807, 2.05) is 30.3 Å². The average Bonchev–Trinajstić information content (AvgIpc) is 2.83. The molecule has 1 aromatic carbocycles. The highest BCUT2D eigenvalue weighted by Crippen LogP contribution is 2.27. The Balaban J connectivity index is 2.20.